The van der Waals surface area contributed by atoms with Gasteiger partial charge in [-0.25, -0.2) is 26.3 Å². The summed E-state index contributed by atoms with van der Waals surface area (Å²) < 4.78 is 142. The van der Waals surface area contributed by atoms with Gasteiger partial charge in [0.1, 0.15) is 6.67 Å². The minimum absolute atomic E-state index is 0.242. The van der Waals surface area contributed by atoms with Gasteiger partial charge in [0.25, 0.3) is 6.43 Å². The molecule has 4 N–H and O–H groups in total. The monoisotopic (exact) mass is 438 g/mol. The molecule has 0 bridgehead atoms. The minimum atomic E-state index is -5.71. The van der Waals surface area contributed by atoms with Crippen LogP contribution < -0.4 is 0 Å². The van der Waals surface area contributed by atoms with Gasteiger partial charge < -0.3 is 20.4 Å². The Kier molecular flexibility index (Phi) is 9.40. The Morgan fingerprint density at radius 2 is 1.07 bits per heavy atom. The van der Waals surface area contributed by atoms with Gasteiger partial charge in [0.2, 0.25) is 23.4 Å². The third-order valence-electron chi connectivity index (χ3n) is 2.84. The summed E-state index contributed by atoms with van der Waals surface area (Å²) >= 11 is 0. The SMILES string of the molecule is CC(O)(F)CC(O)(C(F)F)C(F)(F)F.OC(F)C(F)C(O)(CF)C(F)(F)F. The predicted molar refractivity (Wildman–Crippen MR) is 62.3 cm³/mol. The van der Waals surface area contributed by atoms with E-state index < -0.39 is 61.5 Å². The molecule has 0 saturated carbocycles. The highest BCUT2D eigenvalue weighted by atomic mass is 19.4. The molecule has 166 valence electrons. The van der Waals surface area contributed by atoms with E-state index >= 15 is 0 Å². The highest BCUT2D eigenvalue weighted by Crippen LogP contribution is 2.41. The topological polar surface area (TPSA) is 80.9 Å². The Hall–Kier alpha value is -1.00. The molecule has 0 heterocycles. The molecule has 16 heteroatoms. The molecule has 0 aromatic heterocycles. The maximum absolute atomic E-state index is 12.3. The van der Waals surface area contributed by atoms with Crippen LogP contribution in [0.3, 0.4) is 0 Å². The molecule has 0 fully saturated rings. The van der Waals surface area contributed by atoms with Crippen LogP contribution in [-0.4, -0.2) is 75.5 Å². The van der Waals surface area contributed by atoms with E-state index in [9.17, 15) is 52.7 Å². The second-order valence-corrected chi connectivity index (χ2v) is 5.37. The lowest BCUT2D eigenvalue weighted by Gasteiger charge is -2.32. The average molecular weight is 438 g/mol. The zero-order chi connectivity index (χ0) is 22.6. The predicted octanol–water partition coefficient (Wildman–Crippen LogP) is 2.49. The van der Waals surface area contributed by atoms with Crippen molar-refractivity contribution < 1.29 is 73.1 Å². The number of rotatable bonds is 6. The van der Waals surface area contributed by atoms with Gasteiger partial charge in [0.05, 0.1) is 0 Å². The quantitative estimate of drug-likeness (QED) is 0.481. The normalized spacial score (nSPS) is 22.0. The van der Waals surface area contributed by atoms with Crippen LogP contribution in [0.4, 0.5) is 52.7 Å². The molecule has 0 spiro atoms. The summed E-state index contributed by atoms with van der Waals surface area (Å²) in [6.45, 7) is -2.33. The molecule has 0 aromatic carbocycles. The number of hydrogen-bond donors (Lipinski definition) is 4. The molecule has 5 unspecified atom stereocenters. The maximum Gasteiger partial charge on any atom is 0.423 e. The number of hydrogen-bond acceptors (Lipinski definition) is 4. The first-order valence-electron chi connectivity index (χ1n) is 6.36. The van der Waals surface area contributed by atoms with Gasteiger partial charge in [0.15, 0.2) is 6.17 Å². The van der Waals surface area contributed by atoms with Gasteiger partial charge >= 0.3 is 12.4 Å². The standard InChI is InChI=1S/C6H8F6O2.C5H6F6O2/c1-4(9,13)2-5(14,3(7)8)6(10,11)12;6-1-4(13,5(9,10)11)2(7)3(8)12/h3,13-14H,2H2,1H3;2-3,12-13H,1H2. The van der Waals surface area contributed by atoms with E-state index in [-0.39, 0.29) is 6.92 Å². The molecule has 4 nitrogen and oxygen atoms in total. The molecular weight excluding hydrogens is 424 g/mol. The molecule has 5 atom stereocenters. The maximum atomic E-state index is 12.3. The summed E-state index contributed by atoms with van der Waals surface area (Å²) in [7, 11) is 0. The number of halogens is 12. The van der Waals surface area contributed by atoms with Crippen LogP contribution in [0.15, 0.2) is 0 Å². The number of aliphatic hydroxyl groups excluding tert-OH is 1. The van der Waals surface area contributed by atoms with Crippen molar-refractivity contribution in [2.75, 3.05) is 6.67 Å². The van der Waals surface area contributed by atoms with Crippen molar-refractivity contribution >= 4 is 0 Å². The lowest BCUT2D eigenvalue weighted by Crippen LogP contribution is -2.57. The minimum Gasteiger partial charge on any atom is -0.376 e. The van der Waals surface area contributed by atoms with Crippen LogP contribution in [0.1, 0.15) is 13.3 Å². The largest absolute Gasteiger partial charge is 0.423 e. The number of aliphatic hydroxyl groups is 4. The molecule has 0 aliphatic rings. The molecule has 0 aliphatic heterocycles. The van der Waals surface area contributed by atoms with Crippen molar-refractivity contribution in [3.63, 3.8) is 0 Å². The first-order chi connectivity index (χ1) is 11.6. The highest BCUT2D eigenvalue weighted by molar-refractivity contribution is 4.94. The van der Waals surface area contributed by atoms with Crippen molar-refractivity contribution in [3.8, 4) is 0 Å². The van der Waals surface area contributed by atoms with Crippen LogP contribution in [-0.2, 0) is 0 Å². The van der Waals surface area contributed by atoms with Crippen molar-refractivity contribution in [3.05, 3.63) is 0 Å². The van der Waals surface area contributed by atoms with Crippen molar-refractivity contribution in [2.45, 2.75) is 61.7 Å². The lowest BCUT2D eigenvalue weighted by molar-refractivity contribution is -0.319. The van der Waals surface area contributed by atoms with Crippen molar-refractivity contribution in [1.82, 2.24) is 0 Å². The molecule has 0 amide bonds. The fourth-order valence-electron chi connectivity index (χ4n) is 1.33. The zero-order valence-corrected chi connectivity index (χ0v) is 13.0. The van der Waals surface area contributed by atoms with Gasteiger partial charge in [-0.15, -0.1) is 0 Å². The van der Waals surface area contributed by atoms with Crippen LogP contribution in [0.25, 0.3) is 0 Å². The molecule has 0 saturated heterocycles. The fourth-order valence-corrected chi connectivity index (χ4v) is 1.33. The van der Waals surface area contributed by atoms with E-state index in [4.69, 9.17) is 20.4 Å². The fraction of sp³-hybridized carbons (Fsp3) is 1.00. The second kappa shape index (κ2) is 9.00. The zero-order valence-electron chi connectivity index (χ0n) is 13.0. The summed E-state index contributed by atoms with van der Waals surface area (Å²) in [5.41, 5.74) is -9.04. The average Bonchev–Trinajstić information content (AvgIpc) is 2.41. The van der Waals surface area contributed by atoms with Crippen molar-refractivity contribution in [1.29, 1.82) is 0 Å². The van der Waals surface area contributed by atoms with Gasteiger partial charge in [0, 0.05) is 6.42 Å². The van der Waals surface area contributed by atoms with Gasteiger partial charge in [-0.2, -0.15) is 26.3 Å². The Morgan fingerprint density at radius 1 is 0.741 bits per heavy atom. The smallest absolute Gasteiger partial charge is 0.376 e. The Labute approximate surface area is 143 Å². The van der Waals surface area contributed by atoms with Crippen LogP contribution in [0.2, 0.25) is 0 Å². The van der Waals surface area contributed by atoms with E-state index in [1.54, 1.807) is 0 Å². The summed E-state index contributed by atoms with van der Waals surface area (Å²) in [4.78, 5) is 0. The van der Waals surface area contributed by atoms with Crippen LogP contribution in [0.5, 0.6) is 0 Å². The second-order valence-electron chi connectivity index (χ2n) is 5.37. The van der Waals surface area contributed by atoms with Gasteiger partial charge in [-0.3, -0.25) is 0 Å². The van der Waals surface area contributed by atoms with E-state index in [1.165, 1.54) is 0 Å². The number of alkyl halides is 12. The molecular formula is C11H14F12O4. The van der Waals surface area contributed by atoms with Crippen molar-refractivity contribution in [2.24, 2.45) is 0 Å². The molecule has 27 heavy (non-hydrogen) atoms. The summed E-state index contributed by atoms with van der Waals surface area (Å²) in [5.74, 6) is -3.53. The summed E-state index contributed by atoms with van der Waals surface area (Å²) in [6, 6.07) is 0. The summed E-state index contributed by atoms with van der Waals surface area (Å²) in [5, 5.41) is 32.9. The molecule has 0 aromatic rings. The lowest BCUT2D eigenvalue weighted by atomic mass is 9.95. The van der Waals surface area contributed by atoms with E-state index in [1.807, 2.05) is 0 Å². The van der Waals surface area contributed by atoms with E-state index in [0.29, 0.717) is 0 Å². The first kappa shape index (κ1) is 28.2. The Balaban J connectivity index is 0. The van der Waals surface area contributed by atoms with Crippen LogP contribution >= 0.6 is 0 Å². The molecule has 0 aliphatic carbocycles. The molecule has 0 radical (unpaired) electrons. The third-order valence-corrected chi connectivity index (χ3v) is 2.84. The Bertz CT molecular complexity index is 446. The molecule has 0 rings (SSSR count). The Morgan fingerprint density at radius 3 is 1.15 bits per heavy atom. The highest BCUT2D eigenvalue weighted by Gasteiger charge is 2.63. The van der Waals surface area contributed by atoms with Crippen LogP contribution in [0, 0.1) is 0 Å². The van der Waals surface area contributed by atoms with E-state index in [2.05, 4.69) is 0 Å². The van der Waals surface area contributed by atoms with Gasteiger partial charge in [-0.1, -0.05) is 0 Å². The summed E-state index contributed by atoms with van der Waals surface area (Å²) in [6.07, 6.45) is -25.1. The first-order valence-corrected chi connectivity index (χ1v) is 6.36. The van der Waals surface area contributed by atoms with E-state index in [0.717, 1.165) is 0 Å². The van der Waals surface area contributed by atoms with Gasteiger partial charge in [-0.05, 0) is 6.92 Å². The third kappa shape index (κ3) is 7.50.